The van der Waals surface area contributed by atoms with E-state index in [0.717, 1.165) is 25.7 Å². The Balaban J connectivity index is 0.00000341. The van der Waals surface area contributed by atoms with Gasteiger partial charge in [0.2, 0.25) is 10.0 Å². The van der Waals surface area contributed by atoms with Crippen LogP contribution in [-0.4, -0.2) is 71.9 Å². The Labute approximate surface area is 201 Å². The van der Waals surface area contributed by atoms with Crippen molar-refractivity contribution in [1.82, 2.24) is 14.5 Å². The highest BCUT2D eigenvalue weighted by molar-refractivity contribution is 9.09. The van der Waals surface area contributed by atoms with Gasteiger partial charge in [0.05, 0.1) is 5.75 Å². The van der Waals surface area contributed by atoms with E-state index in [1.807, 2.05) is 37.3 Å². The first-order valence-electron chi connectivity index (χ1n) is 11.0. The van der Waals surface area contributed by atoms with Crippen molar-refractivity contribution in [2.45, 2.75) is 62.4 Å². The third kappa shape index (κ3) is 6.22. The number of hydrogen-bond donors (Lipinski definition) is 1. The minimum absolute atomic E-state index is 0. The summed E-state index contributed by atoms with van der Waals surface area (Å²) in [5, 5.41) is 3.25. The highest BCUT2D eigenvalue weighted by Crippen LogP contribution is 2.40. The highest BCUT2D eigenvalue weighted by Gasteiger charge is 2.46. The van der Waals surface area contributed by atoms with Crippen molar-refractivity contribution in [3.63, 3.8) is 0 Å². The molecule has 1 saturated carbocycles. The van der Waals surface area contributed by atoms with Gasteiger partial charge in [0.15, 0.2) is 0 Å². The number of amides is 1. The van der Waals surface area contributed by atoms with Crippen molar-refractivity contribution in [2.24, 2.45) is 0 Å². The van der Waals surface area contributed by atoms with Gasteiger partial charge in [-0.15, -0.1) is 12.4 Å². The molecule has 31 heavy (non-hydrogen) atoms. The van der Waals surface area contributed by atoms with E-state index in [1.54, 1.807) is 4.31 Å². The van der Waals surface area contributed by atoms with Crippen molar-refractivity contribution < 1.29 is 13.2 Å². The molecule has 1 aliphatic carbocycles. The molecule has 1 aromatic rings. The molecule has 0 radical (unpaired) electrons. The largest absolute Gasteiger partial charge is 0.348 e. The number of hydrogen-bond acceptors (Lipinski definition) is 4. The smallest absolute Gasteiger partial charge is 0.251 e. The number of piperazine rings is 1. The normalized spacial score (nSPS) is 26.6. The third-order valence-electron chi connectivity index (χ3n) is 6.62. The Morgan fingerprint density at radius 1 is 1.23 bits per heavy atom. The average molecular weight is 537 g/mol. The van der Waals surface area contributed by atoms with E-state index in [9.17, 15) is 13.2 Å². The quantitative estimate of drug-likeness (QED) is 0.540. The lowest BCUT2D eigenvalue weighted by Crippen LogP contribution is -2.67. The molecule has 3 rings (SSSR count). The van der Waals surface area contributed by atoms with Crippen LogP contribution < -0.4 is 5.32 Å². The van der Waals surface area contributed by atoms with E-state index < -0.39 is 10.0 Å². The van der Waals surface area contributed by atoms with Gasteiger partial charge in [-0.2, -0.15) is 4.31 Å². The predicted molar refractivity (Wildman–Crippen MR) is 132 cm³/mol. The lowest BCUT2D eigenvalue weighted by molar-refractivity contribution is 0.00280. The van der Waals surface area contributed by atoms with Gasteiger partial charge in [-0.3, -0.25) is 9.69 Å². The number of sulfonamides is 1. The number of carbonyl (C=O) groups excluding carboxylic acids is 1. The van der Waals surface area contributed by atoms with Gasteiger partial charge in [0, 0.05) is 48.2 Å². The number of nitrogens with zero attached hydrogens (tertiary/aromatic N) is 2. The molecule has 0 bridgehead atoms. The fourth-order valence-electron chi connectivity index (χ4n) is 4.97. The zero-order chi connectivity index (χ0) is 21.8. The summed E-state index contributed by atoms with van der Waals surface area (Å²) < 4.78 is 26.6. The van der Waals surface area contributed by atoms with Crippen LogP contribution in [0.4, 0.5) is 0 Å². The first-order chi connectivity index (χ1) is 14.3. The fourth-order valence-corrected chi connectivity index (χ4v) is 7.35. The number of benzene rings is 1. The molecule has 3 unspecified atom stereocenters. The van der Waals surface area contributed by atoms with Gasteiger partial charge in [0.1, 0.15) is 0 Å². The zero-order valence-corrected chi connectivity index (χ0v) is 21.6. The van der Waals surface area contributed by atoms with Crippen molar-refractivity contribution in [1.29, 1.82) is 0 Å². The zero-order valence-electron chi connectivity index (χ0n) is 18.4. The topological polar surface area (TPSA) is 69.7 Å². The average Bonchev–Trinajstić information content (AvgIpc) is 2.74. The molecular formula is C22H35BrClN3O3S. The molecule has 1 heterocycles. The van der Waals surface area contributed by atoms with Gasteiger partial charge in [0.25, 0.3) is 5.91 Å². The molecule has 1 aliphatic heterocycles. The molecule has 6 nitrogen and oxygen atoms in total. The van der Waals surface area contributed by atoms with E-state index in [1.165, 1.54) is 0 Å². The van der Waals surface area contributed by atoms with Crippen LogP contribution in [0.2, 0.25) is 0 Å². The standard InChI is InChI=1S/C22H34BrN3O3S.ClH/c1-3-16-30(28,29)26-14-12-25(13-15-26)22(11-7-10-20(23)17-22)18(2)24-21(27)19-8-5-4-6-9-19;/h4-6,8-9,18,20H,3,7,10-17H2,1-2H3,(H,24,27);1H. The SMILES string of the molecule is CCCS(=O)(=O)N1CCN(C2(C(C)NC(=O)c3ccccc3)CCCC(Br)C2)CC1.Cl. The molecule has 1 amide bonds. The second-order valence-electron chi connectivity index (χ2n) is 8.56. The molecule has 2 aliphatic rings. The molecule has 0 spiro atoms. The molecule has 9 heteroatoms. The number of alkyl halides is 1. The summed E-state index contributed by atoms with van der Waals surface area (Å²) >= 11 is 3.83. The summed E-state index contributed by atoms with van der Waals surface area (Å²) in [6.45, 7) is 6.46. The van der Waals surface area contributed by atoms with E-state index in [0.29, 0.717) is 43.0 Å². The third-order valence-corrected chi connectivity index (χ3v) is 9.47. The molecule has 3 atom stereocenters. The van der Waals surface area contributed by atoms with Crippen LogP contribution >= 0.6 is 28.3 Å². The molecular weight excluding hydrogens is 502 g/mol. The second-order valence-corrected chi connectivity index (χ2v) is 11.9. The second kappa shape index (κ2) is 11.5. The Morgan fingerprint density at radius 3 is 2.45 bits per heavy atom. The molecule has 176 valence electrons. The lowest BCUT2D eigenvalue weighted by atomic mass is 9.75. The van der Waals surface area contributed by atoms with Crippen LogP contribution in [0.5, 0.6) is 0 Å². The first-order valence-corrected chi connectivity index (χ1v) is 13.5. The summed E-state index contributed by atoms with van der Waals surface area (Å²) in [6, 6.07) is 9.29. The first kappa shape index (κ1) is 26.6. The molecule has 2 fully saturated rings. The van der Waals surface area contributed by atoms with E-state index in [4.69, 9.17) is 0 Å². The summed E-state index contributed by atoms with van der Waals surface area (Å²) in [5.41, 5.74) is 0.499. The molecule has 1 saturated heterocycles. The monoisotopic (exact) mass is 535 g/mol. The van der Waals surface area contributed by atoms with Crippen molar-refractivity contribution in [2.75, 3.05) is 31.9 Å². The highest BCUT2D eigenvalue weighted by atomic mass is 79.9. The van der Waals surface area contributed by atoms with Crippen LogP contribution in [-0.2, 0) is 10.0 Å². The van der Waals surface area contributed by atoms with Gasteiger partial charge >= 0.3 is 0 Å². The van der Waals surface area contributed by atoms with Gasteiger partial charge < -0.3 is 5.32 Å². The summed E-state index contributed by atoms with van der Waals surface area (Å²) in [6.07, 6.45) is 4.82. The van der Waals surface area contributed by atoms with E-state index in [-0.39, 0.29) is 35.6 Å². The summed E-state index contributed by atoms with van der Waals surface area (Å²) in [5.74, 6) is 0.161. The lowest BCUT2D eigenvalue weighted by Gasteiger charge is -2.53. The summed E-state index contributed by atoms with van der Waals surface area (Å²) in [4.78, 5) is 15.7. The van der Waals surface area contributed by atoms with Gasteiger partial charge in [-0.1, -0.05) is 47.5 Å². The van der Waals surface area contributed by atoms with Crippen molar-refractivity contribution in [3.8, 4) is 0 Å². The van der Waals surface area contributed by atoms with Crippen LogP contribution in [0, 0.1) is 0 Å². The number of halogens is 2. The van der Waals surface area contributed by atoms with Crippen LogP contribution in [0.1, 0.15) is 56.3 Å². The van der Waals surface area contributed by atoms with Gasteiger partial charge in [-0.25, -0.2) is 8.42 Å². The maximum absolute atomic E-state index is 12.8. The van der Waals surface area contributed by atoms with Crippen LogP contribution in [0.15, 0.2) is 30.3 Å². The number of nitrogens with one attached hydrogen (secondary N) is 1. The van der Waals surface area contributed by atoms with Crippen molar-refractivity contribution >= 4 is 44.3 Å². The van der Waals surface area contributed by atoms with Crippen molar-refractivity contribution in [3.05, 3.63) is 35.9 Å². The molecule has 1 N–H and O–H groups in total. The number of carbonyl (C=O) groups is 1. The Bertz CT molecular complexity index is 819. The molecule has 1 aromatic carbocycles. The van der Waals surface area contributed by atoms with E-state index >= 15 is 0 Å². The van der Waals surface area contributed by atoms with E-state index in [2.05, 4.69) is 33.1 Å². The summed E-state index contributed by atoms with van der Waals surface area (Å²) in [7, 11) is -3.17. The predicted octanol–water partition coefficient (Wildman–Crippen LogP) is 3.66. The maximum atomic E-state index is 12.8. The molecule has 0 aromatic heterocycles. The Kier molecular flexibility index (Phi) is 9.82. The minimum Gasteiger partial charge on any atom is -0.348 e. The minimum atomic E-state index is -3.17. The Hall–Kier alpha value is -0.670. The maximum Gasteiger partial charge on any atom is 0.251 e. The van der Waals surface area contributed by atoms with Crippen LogP contribution in [0.3, 0.4) is 0 Å². The Morgan fingerprint density at radius 2 is 1.87 bits per heavy atom. The van der Waals surface area contributed by atoms with Gasteiger partial charge in [-0.05, 0) is 44.7 Å². The number of rotatable bonds is 7. The fraction of sp³-hybridized carbons (Fsp3) is 0.682. The van der Waals surface area contributed by atoms with Crippen LogP contribution in [0.25, 0.3) is 0 Å².